The lowest BCUT2D eigenvalue weighted by Crippen LogP contribution is -2.24. The highest BCUT2D eigenvalue weighted by atomic mass is 32.2. The summed E-state index contributed by atoms with van der Waals surface area (Å²) in [5.41, 5.74) is 0. The van der Waals surface area contributed by atoms with Gasteiger partial charge in [0.05, 0.1) is 4.90 Å². The standard InChI is InChI=1S/C10H10FNO2S/c1-2-3-8-12-15(13,14)10-6-4-9(11)5-7-10/h1,4-7,12H,3,8H2. The molecule has 0 heterocycles. The molecule has 0 unspecified atom stereocenters. The molecule has 0 spiro atoms. The third-order valence-electron chi connectivity index (χ3n) is 1.69. The minimum Gasteiger partial charge on any atom is -0.210 e. The Labute approximate surface area is 88.4 Å². The summed E-state index contributed by atoms with van der Waals surface area (Å²) in [5.74, 6) is 1.84. The van der Waals surface area contributed by atoms with Gasteiger partial charge in [-0.15, -0.1) is 12.3 Å². The van der Waals surface area contributed by atoms with Crippen molar-refractivity contribution in [2.45, 2.75) is 11.3 Å². The highest BCUT2D eigenvalue weighted by Gasteiger charge is 2.12. The van der Waals surface area contributed by atoms with Crippen molar-refractivity contribution >= 4 is 10.0 Å². The first kappa shape index (κ1) is 11.7. The Morgan fingerprint density at radius 2 is 1.93 bits per heavy atom. The van der Waals surface area contributed by atoms with Crippen LogP contribution in [0.4, 0.5) is 4.39 Å². The predicted molar refractivity (Wildman–Crippen MR) is 55.0 cm³/mol. The molecular formula is C10H10FNO2S. The largest absolute Gasteiger partial charge is 0.240 e. The summed E-state index contributed by atoms with van der Waals surface area (Å²) >= 11 is 0. The van der Waals surface area contributed by atoms with Gasteiger partial charge < -0.3 is 0 Å². The van der Waals surface area contributed by atoms with Gasteiger partial charge in [0, 0.05) is 13.0 Å². The maximum atomic E-state index is 12.5. The monoisotopic (exact) mass is 227 g/mol. The molecule has 0 aromatic heterocycles. The minimum absolute atomic E-state index is 0.0286. The van der Waals surface area contributed by atoms with Crippen LogP contribution in [0, 0.1) is 18.2 Å². The third-order valence-corrected chi connectivity index (χ3v) is 3.16. The normalized spacial score (nSPS) is 10.9. The maximum absolute atomic E-state index is 12.5. The third kappa shape index (κ3) is 3.35. The van der Waals surface area contributed by atoms with Crippen molar-refractivity contribution in [1.29, 1.82) is 0 Å². The molecule has 5 heteroatoms. The molecule has 80 valence electrons. The van der Waals surface area contributed by atoms with E-state index >= 15 is 0 Å². The van der Waals surface area contributed by atoms with Gasteiger partial charge in [-0.2, -0.15) is 0 Å². The Morgan fingerprint density at radius 1 is 1.33 bits per heavy atom. The van der Waals surface area contributed by atoms with Crippen molar-refractivity contribution in [3.8, 4) is 12.3 Å². The van der Waals surface area contributed by atoms with Gasteiger partial charge in [0.1, 0.15) is 5.82 Å². The SMILES string of the molecule is C#CCCNS(=O)(=O)c1ccc(F)cc1. The summed E-state index contributed by atoms with van der Waals surface area (Å²) in [5, 5.41) is 0. The topological polar surface area (TPSA) is 46.2 Å². The van der Waals surface area contributed by atoms with Crippen molar-refractivity contribution in [1.82, 2.24) is 4.72 Å². The molecule has 1 aromatic rings. The molecule has 0 saturated carbocycles. The van der Waals surface area contributed by atoms with Crippen LogP contribution in [0.5, 0.6) is 0 Å². The molecule has 0 saturated heterocycles. The van der Waals surface area contributed by atoms with Gasteiger partial charge in [-0.25, -0.2) is 17.5 Å². The van der Waals surface area contributed by atoms with Crippen LogP contribution in [0.1, 0.15) is 6.42 Å². The van der Waals surface area contributed by atoms with E-state index in [0.29, 0.717) is 6.42 Å². The molecule has 0 aliphatic carbocycles. The van der Waals surface area contributed by atoms with E-state index in [0.717, 1.165) is 12.1 Å². The number of halogens is 1. The lowest BCUT2D eigenvalue weighted by molar-refractivity contribution is 0.581. The number of rotatable bonds is 4. The fourth-order valence-electron chi connectivity index (χ4n) is 0.955. The second-order valence-electron chi connectivity index (χ2n) is 2.81. The Hall–Kier alpha value is -1.38. The molecule has 0 atom stereocenters. The van der Waals surface area contributed by atoms with Crippen LogP contribution in [0.25, 0.3) is 0 Å². The highest BCUT2D eigenvalue weighted by molar-refractivity contribution is 7.89. The molecule has 15 heavy (non-hydrogen) atoms. The van der Waals surface area contributed by atoms with Gasteiger partial charge in [0.15, 0.2) is 0 Å². The molecule has 0 bridgehead atoms. The van der Waals surface area contributed by atoms with Crippen LogP contribution in [0.15, 0.2) is 29.2 Å². The fourth-order valence-corrected chi connectivity index (χ4v) is 1.99. The average Bonchev–Trinajstić information content (AvgIpc) is 2.18. The number of benzene rings is 1. The van der Waals surface area contributed by atoms with Gasteiger partial charge in [-0.05, 0) is 24.3 Å². The van der Waals surface area contributed by atoms with E-state index in [1.165, 1.54) is 12.1 Å². The first-order chi connectivity index (χ1) is 7.06. The number of nitrogens with one attached hydrogen (secondary N) is 1. The zero-order valence-electron chi connectivity index (χ0n) is 7.90. The first-order valence-corrected chi connectivity index (χ1v) is 5.73. The van der Waals surface area contributed by atoms with Crippen LogP contribution in [-0.4, -0.2) is 15.0 Å². The van der Waals surface area contributed by atoms with E-state index < -0.39 is 15.8 Å². The van der Waals surface area contributed by atoms with E-state index in [1.54, 1.807) is 0 Å². The second kappa shape index (κ2) is 4.91. The molecule has 0 aliphatic rings. The lowest BCUT2D eigenvalue weighted by Gasteiger charge is -2.04. The molecule has 0 aliphatic heterocycles. The lowest BCUT2D eigenvalue weighted by atomic mass is 10.4. The van der Waals surface area contributed by atoms with Crippen molar-refractivity contribution in [2.75, 3.05) is 6.54 Å². The average molecular weight is 227 g/mol. The Bertz CT molecular complexity index is 459. The van der Waals surface area contributed by atoms with E-state index in [-0.39, 0.29) is 11.4 Å². The maximum Gasteiger partial charge on any atom is 0.240 e. The second-order valence-corrected chi connectivity index (χ2v) is 4.57. The summed E-state index contributed by atoms with van der Waals surface area (Å²) in [4.78, 5) is 0.0286. The van der Waals surface area contributed by atoms with Crippen LogP contribution >= 0.6 is 0 Å². The highest BCUT2D eigenvalue weighted by Crippen LogP contribution is 2.09. The van der Waals surface area contributed by atoms with E-state index in [1.807, 2.05) is 0 Å². The summed E-state index contributed by atoms with van der Waals surface area (Å²) < 4.78 is 37.9. The number of hydrogen-bond acceptors (Lipinski definition) is 2. The van der Waals surface area contributed by atoms with Crippen LogP contribution in [-0.2, 0) is 10.0 Å². The van der Waals surface area contributed by atoms with Gasteiger partial charge in [0.2, 0.25) is 10.0 Å². The quantitative estimate of drug-likeness (QED) is 0.619. The smallest absolute Gasteiger partial charge is 0.210 e. The minimum atomic E-state index is -3.56. The Morgan fingerprint density at radius 3 is 2.47 bits per heavy atom. The molecule has 1 rings (SSSR count). The van der Waals surface area contributed by atoms with E-state index in [4.69, 9.17) is 6.42 Å². The first-order valence-electron chi connectivity index (χ1n) is 4.25. The van der Waals surface area contributed by atoms with Crippen LogP contribution < -0.4 is 4.72 Å². The molecular weight excluding hydrogens is 217 g/mol. The van der Waals surface area contributed by atoms with Crippen molar-refractivity contribution in [2.24, 2.45) is 0 Å². The van der Waals surface area contributed by atoms with Crippen LogP contribution in [0.2, 0.25) is 0 Å². The molecule has 1 N–H and O–H groups in total. The number of terminal acetylenes is 1. The molecule has 0 amide bonds. The molecule has 0 fully saturated rings. The van der Waals surface area contributed by atoms with E-state index in [2.05, 4.69) is 10.6 Å². The number of sulfonamides is 1. The summed E-state index contributed by atoms with van der Waals surface area (Å²) in [6, 6.07) is 4.59. The van der Waals surface area contributed by atoms with E-state index in [9.17, 15) is 12.8 Å². The summed E-state index contributed by atoms with van der Waals surface area (Å²) in [7, 11) is -3.56. The van der Waals surface area contributed by atoms with Crippen LogP contribution in [0.3, 0.4) is 0 Å². The Balaban J connectivity index is 2.79. The van der Waals surface area contributed by atoms with Gasteiger partial charge >= 0.3 is 0 Å². The van der Waals surface area contributed by atoms with Gasteiger partial charge in [-0.1, -0.05) is 0 Å². The fraction of sp³-hybridized carbons (Fsp3) is 0.200. The van der Waals surface area contributed by atoms with Gasteiger partial charge in [0.25, 0.3) is 0 Å². The van der Waals surface area contributed by atoms with Crippen molar-refractivity contribution in [3.63, 3.8) is 0 Å². The molecule has 0 radical (unpaired) electrons. The molecule has 3 nitrogen and oxygen atoms in total. The van der Waals surface area contributed by atoms with Crippen molar-refractivity contribution in [3.05, 3.63) is 30.1 Å². The Kier molecular flexibility index (Phi) is 3.83. The zero-order valence-corrected chi connectivity index (χ0v) is 8.72. The number of hydrogen-bond donors (Lipinski definition) is 1. The summed E-state index contributed by atoms with van der Waals surface area (Å²) in [6.45, 7) is 0.177. The molecule has 1 aromatic carbocycles. The zero-order chi connectivity index (χ0) is 11.3. The predicted octanol–water partition coefficient (Wildman–Crippen LogP) is 1.13. The summed E-state index contributed by atoms with van der Waals surface area (Å²) in [6.07, 6.45) is 5.30. The van der Waals surface area contributed by atoms with Crippen molar-refractivity contribution < 1.29 is 12.8 Å². The van der Waals surface area contributed by atoms with Gasteiger partial charge in [-0.3, -0.25) is 0 Å².